The van der Waals surface area contributed by atoms with E-state index in [0.29, 0.717) is 0 Å². The van der Waals surface area contributed by atoms with Crippen molar-refractivity contribution in [3.05, 3.63) is 22.7 Å². The van der Waals surface area contributed by atoms with Crippen molar-refractivity contribution in [2.75, 3.05) is 6.61 Å². The molecule has 0 radical (unpaired) electrons. The molecule has 1 aromatic heterocycles. The molecule has 13 heavy (non-hydrogen) atoms. The fourth-order valence-corrected chi connectivity index (χ4v) is 2.07. The van der Waals surface area contributed by atoms with Crippen LogP contribution < -0.4 is 4.74 Å². The molecule has 0 unspecified atom stereocenters. The van der Waals surface area contributed by atoms with Crippen molar-refractivity contribution >= 4 is 26.8 Å². The molecule has 1 aliphatic rings. The van der Waals surface area contributed by atoms with Gasteiger partial charge >= 0.3 is 0 Å². The van der Waals surface area contributed by atoms with Crippen LogP contribution in [0.5, 0.6) is 5.88 Å². The monoisotopic (exact) mass is 238 g/mol. The van der Waals surface area contributed by atoms with E-state index >= 15 is 0 Å². The first-order valence-corrected chi connectivity index (χ1v) is 4.93. The van der Waals surface area contributed by atoms with Gasteiger partial charge in [0.1, 0.15) is 12.1 Å². The maximum Gasteiger partial charge on any atom is 0.220 e. The molecule has 0 amide bonds. The molecule has 0 bridgehead atoms. The van der Waals surface area contributed by atoms with Crippen molar-refractivity contribution in [3.8, 4) is 5.88 Å². The largest absolute Gasteiger partial charge is 0.475 e. The number of hydrogen-bond donors (Lipinski definition) is 0. The second-order valence-corrected chi connectivity index (χ2v) is 3.87. The Labute approximate surface area is 83.4 Å². The van der Waals surface area contributed by atoms with Crippen molar-refractivity contribution in [2.24, 2.45) is 0 Å². The SMILES string of the molecule is Brc1cccc2c3n(nc12)CCO3. The highest BCUT2D eigenvalue weighted by Crippen LogP contribution is 2.32. The van der Waals surface area contributed by atoms with E-state index in [1.165, 1.54) is 0 Å². The first kappa shape index (κ1) is 7.38. The van der Waals surface area contributed by atoms with E-state index in [2.05, 4.69) is 21.0 Å². The van der Waals surface area contributed by atoms with Gasteiger partial charge in [0.15, 0.2) is 0 Å². The molecule has 1 aliphatic heterocycles. The van der Waals surface area contributed by atoms with E-state index in [4.69, 9.17) is 4.74 Å². The predicted molar refractivity (Wildman–Crippen MR) is 52.9 cm³/mol. The summed E-state index contributed by atoms with van der Waals surface area (Å²) >= 11 is 3.47. The molecule has 2 heterocycles. The molecule has 0 N–H and O–H groups in total. The highest BCUT2D eigenvalue weighted by molar-refractivity contribution is 9.10. The van der Waals surface area contributed by atoms with Gasteiger partial charge in [0, 0.05) is 4.47 Å². The minimum absolute atomic E-state index is 0.741. The first-order valence-electron chi connectivity index (χ1n) is 4.14. The zero-order chi connectivity index (χ0) is 8.84. The fourth-order valence-electron chi connectivity index (χ4n) is 1.63. The number of rotatable bonds is 0. The molecule has 0 saturated carbocycles. The summed E-state index contributed by atoms with van der Waals surface area (Å²) in [6, 6.07) is 6.02. The maximum atomic E-state index is 5.49. The molecule has 0 atom stereocenters. The van der Waals surface area contributed by atoms with Gasteiger partial charge in [-0.05, 0) is 28.1 Å². The zero-order valence-electron chi connectivity index (χ0n) is 6.83. The van der Waals surface area contributed by atoms with Crippen LogP contribution in [0.25, 0.3) is 10.9 Å². The first-order chi connectivity index (χ1) is 6.36. The van der Waals surface area contributed by atoms with E-state index in [1.54, 1.807) is 0 Å². The molecule has 4 heteroatoms. The standard InChI is InChI=1S/C9H7BrN2O/c10-7-3-1-2-6-8(7)11-12-4-5-13-9(6)12/h1-3H,4-5H2. The topological polar surface area (TPSA) is 27.1 Å². The lowest BCUT2D eigenvalue weighted by molar-refractivity contribution is 0.360. The minimum Gasteiger partial charge on any atom is -0.475 e. The van der Waals surface area contributed by atoms with Crippen molar-refractivity contribution < 1.29 is 4.74 Å². The van der Waals surface area contributed by atoms with Crippen LogP contribution in [0.2, 0.25) is 0 Å². The van der Waals surface area contributed by atoms with Gasteiger partial charge in [-0.3, -0.25) is 0 Å². The summed E-state index contributed by atoms with van der Waals surface area (Å²) in [6.45, 7) is 1.60. The molecule has 66 valence electrons. The Kier molecular flexibility index (Phi) is 1.41. The van der Waals surface area contributed by atoms with E-state index in [0.717, 1.165) is 34.4 Å². The van der Waals surface area contributed by atoms with Gasteiger partial charge in [-0.25, -0.2) is 4.68 Å². The Bertz CT molecular complexity index is 478. The van der Waals surface area contributed by atoms with Crippen molar-refractivity contribution in [1.82, 2.24) is 9.78 Å². The third kappa shape index (κ3) is 0.920. The fraction of sp³-hybridized carbons (Fsp3) is 0.222. The Balaban J connectivity index is 2.44. The van der Waals surface area contributed by atoms with Crippen LogP contribution >= 0.6 is 15.9 Å². The van der Waals surface area contributed by atoms with Gasteiger partial charge in [0.2, 0.25) is 5.88 Å². The number of benzene rings is 1. The van der Waals surface area contributed by atoms with E-state index in [-0.39, 0.29) is 0 Å². The summed E-state index contributed by atoms with van der Waals surface area (Å²) in [5, 5.41) is 5.53. The van der Waals surface area contributed by atoms with Crippen molar-refractivity contribution in [2.45, 2.75) is 6.54 Å². The summed E-state index contributed by atoms with van der Waals surface area (Å²) < 4.78 is 8.42. The smallest absolute Gasteiger partial charge is 0.220 e. The average molecular weight is 239 g/mol. The normalized spacial score (nSPS) is 14.5. The quantitative estimate of drug-likeness (QED) is 0.704. The maximum absolute atomic E-state index is 5.49. The number of aromatic nitrogens is 2. The van der Waals surface area contributed by atoms with Gasteiger partial charge < -0.3 is 4.74 Å². The number of ether oxygens (including phenoxy) is 1. The van der Waals surface area contributed by atoms with Gasteiger partial charge in [-0.2, -0.15) is 5.10 Å². The molecule has 3 nitrogen and oxygen atoms in total. The summed E-state index contributed by atoms with van der Waals surface area (Å²) in [5.74, 6) is 0.899. The molecular weight excluding hydrogens is 232 g/mol. The van der Waals surface area contributed by atoms with Crippen LogP contribution in [0.1, 0.15) is 0 Å². The Morgan fingerprint density at radius 1 is 1.46 bits per heavy atom. The summed E-state index contributed by atoms with van der Waals surface area (Å²) in [7, 11) is 0. The van der Waals surface area contributed by atoms with Crippen molar-refractivity contribution in [1.29, 1.82) is 0 Å². The zero-order valence-corrected chi connectivity index (χ0v) is 8.41. The molecule has 0 saturated heterocycles. The van der Waals surface area contributed by atoms with Crippen LogP contribution in [-0.2, 0) is 6.54 Å². The lowest BCUT2D eigenvalue weighted by Crippen LogP contribution is -1.94. The molecule has 0 fully saturated rings. The minimum atomic E-state index is 0.741. The highest BCUT2D eigenvalue weighted by Gasteiger charge is 2.18. The predicted octanol–water partition coefficient (Wildman–Crippen LogP) is 2.19. The van der Waals surface area contributed by atoms with Crippen LogP contribution in [0.4, 0.5) is 0 Å². The molecule has 3 rings (SSSR count). The van der Waals surface area contributed by atoms with Crippen LogP contribution in [-0.4, -0.2) is 16.4 Å². The Morgan fingerprint density at radius 2 is 2.38 bits per heavy atom. The van der Waals surface area contributed by atoms with Crippen LogP contribution in [0.15, 0.2) is 22.7 Å². The summed E-state index contributed by atoms with van der Waals surface area (Å²) in [6.07, 6.45) is 0. The third-order valence-electron chi connectivity index (χ3n) is 2.21. The number of nitrogens with zero attached hydrogens (tertiary/aromatic N) is 2. The molecule has 0 spiro atoms. The third-order valence-corrected chi connectivity index (χ3v) is 2.85. The van der Waals surface area contributed by atoms with Gasteiger partial charge in [-0.15, -0.1) is 0 Å². The van der Waals surface area contributed by atoms with Crippen LogP contribution in [0.3, 0.4) is 0 Å². The van der Waals surface area contributed by atoms with Gasteiger partial charge in [0.05, 0.1) is 11.9 Å². The Morgan fingerprint density at radius 3 is 3.31 bits per heavy atom. The second kappa shape index (κ2) is 2.48. The van der Waals surface area contributed by atoms with Crippen LogP contribution in [0, 0.1) is 0 Å². The molecular formula is C9H7BrN2O. The number of halogens is 1. The van der Waals surface area contributed by atoms with Gasteiger partial charge in [-0.1, -0.05) is 6.07 Å². The second-order valence-electron chi connectivity index (χ2n) is 3.01. The van der Waals surface area contributed by atoms with E-state index < -0.39 is 0 Å². The molecule has 0 aliphatic carbocycles. The van der Waals surface area contributed by atoms with Crippen molar-refractivity contribution in [3.63, 3.8) is 0 Å². The summed E-state index contributed by atoms with van der Waals surface area (Å²) in [5.41, 5.74) is 0.984. The number of fused-ring (bicyclic) bond motifs is 3. The van der Waals surface area contributed by atoms with E-state index in [1.807, 2.05) is 22.9 Å². The number of hydrogen-bond acceptors (Lipinski definition) is 2. The van der Waals surface area contributed by atoms with E-state index in [9.17, 15) is 0 Å². The average Bonchev–Trinajstić information content (AvgIpc) is 2.65. The Hall–Kier alpha value is -1.03. The lowest BCUT2D eigenvalue weighted by Gasteiger charge is -1.94. The highest BCUT2D eigenvalue weighted by atomic mass is 79.9. The molecule has 1 aromatic carbocycles. The summed E-state index contributed by atoms with van der Waals surface area (Å²) in [4.78, 5) is 0. The lowest BCUT2D eigenvalue weighted by atomic mass is 10.2. The van der Waals surface area contributed by atoms with Gasteiger partial charge in [0.25, 0.3) is 0 Å². The molecule has 2 aromatic rings.